The molecule has 0 amide bonds. The second kappa shape index (κ2) is 8.71. The number of benzene rings is 5. The number of fused-ring (bicyclic) bond motifs is 4. The van der Waals surface area contributed by atoms with E-state index >= 15 is 0 Å². The topological polar surface area (TPSA) is 31.0 Å². The van der Waals surface area contributed by atoms with Crippen LogP contribution in [0.4, 0.5) is 0 Å². The molecule has 0 spiro atoms. The zero-order valence-corrected chi connectivity index (χ0v) is 22.7. The number of hydrogen-bond acceptors (Lipinski definition) is 2. The third-order valence-electron chi connectivity index (χ3n) is 7.64. The van der Waals surface area contributed by atoms with Gasteiger partial charge in [0.15, 0.2) is 0 Å². The van der Waals surface area contributed by atoms with Gasteiger partial charge in [-0.05, 0) is 65.4 Å². The second-order valence-electron chi connectivity index (χ2n) is 11.4. The molecule has 0 N–H and O–H groups in total. The summed E-state index contributed by atoms with van der Waals surface area (Å²) in [5, 5.41) is 2.23. The monoisotopic (exact) mass is 506 g/mol. The molecule has 7 rings (SSSR count). The highest BCUT2D eigenvalue weighted by Gasteiger charge is 2.23. The number of aromatic nitrogens is 2. The quantitative estimate of drug-likeness (QED) is 0.239. The van der Waals surface area contributed by atoms with Gasteiger partial charge in [0.05, 0.1) is 22.3 Å². The van der Waals surface area contributed by atoms with Crippen LogP contribution in [0.25, 0.3) is 61.2 Å². The maximum Gasteiger partial charge on any atom is 0.149 e. The van der Waals surface area contributed by atoms with Crippen LogP contribution < -0.4 is 0 Å². The smallest absolute Gasteiger partial charge is 0.149 e. The summed E-state index contributed by atoms with van der Waals surface area (Å²) in [6.07, 6.45) is 0. The van der Waals surface area contributed by atoms with Gasteiger partial charge in [0, 0.05) is 16.3 Å². The summed E-state index contributed by atoms with van der Waals surface area (Å²) in [6.45, 7) is 8.88. The first-order valence-corrected chi connectivity index (χ1v) is 13.5. The number of furan rings is 1. The number of imidazole rings is 1. The summed E-state index contributed by atoms with van der Waals surface area (Å²) in [5.74, 6) is 0.873. The van der Waals surface area contributed by atoms with E-state index in [1.807, 2.05) is 0 Å². The third-order valence-corrected chi connectivity index (χ3v) is 7.64. The lowest BCUT2D eigenvalue weighted by atomic mass is 9.85. The molecule has 0 bridgehead atoms. The first-order valence-electron chi connectivity index (χ1n) is 13.5. The summed E-state index contributed by atoms with van der Waals surface area (Å²) in [7, 11) is 0. The van der Waals surface area contributed by atoms with E-state index in [2.05, 4.69) is 141 Å². The number of rotatable bonds is 3. The van der Waals surface area contributed by atoms with Crippen LogP contribution >= 0.6 is 0 Å². The van der Waals surface area contributed by atoms with E-state index < -0.39 is 0 Å². The molecule has 7 aromatic rings. The van der Waals surface area contributed by atoms with E-state index in [0.29, 0.717) is 0 Å². The normalized spacial score (nSPS) is 12.1. The van der Waals surface area contributed by atoms with Gasteiger partial charge in [-0.15, -0.1) is 0 Å². The lowest BCUT2D eigenvalue weighted by Crippen LogP contribution is -2.12. The van der Waals surface area contributed by atoms with Crippen LogP contribution in [-0.4, -0.2) is 9.55 Å². The zero-order valence-electron chi connectivity index (χ0n) is 22.7. The Morgan fingerprint density at radius 3 is 2.31 bits per heavy atom. The molecule has 0 aliphatic carbocycles. The van der Waals surface area contributed by atoms with E-state index in [-0.39, 0.29) is 5.41 Å². The van der Waals surface area contributed by atoms with Gasteiger partial charge in [-0.2, -0.15) is 0 Å². The third kappa shape index (κ3) is 3.85. The van der Waals surface area contributed by atoms with Crippen molar-refractivity contribution in [2.24, 2.45) is 0 Å². The molecule has 0 aliphatic rings. The van der Waals surface area contributed by atoms with Crippen LogP contribution in [0.2, 0.25) is 0 Å². The van der Waals surface area contributed by atoms with Crippen LogP contribution in [0, 0.1) is 6.92 Å². The fraction of sp³-hybridized carbons (Fsp3) is 0.139. The molecule has 0 saturated heterocycles. The molecule has 39 heavy (non-hydrogen) atoms. The highest BCUT2D eigenvalue weighted by atomic mass is 16.3. The SMILES string of the molecule is Cc1ccc2c(c1)oc1c(-c3nc4ccccc4n3-c3ccc(C(C)(C)C)cc3-c3ccccc3)cccc12. The predicted octanol–water partition coefficient (Wildman–Crippen LogP) is 9.86. The van der Waals surface area contributed by atoms with Crippen molar-refractivity contribution in [1.29, 1.82) is 0 Å². The van der Waals surface area contributed by atoms with Crippen molar-refractivity contribution < 1.29 is 4.42 Å². The summed E-state index contributed by atoms with van der Waals surface area (Å²) in [4.78, 5) is 5.21. The largest absolute Gasteiger partial charge is 0.455 e. The van der Waals surface area contributed by atoms with Crippen molar-refractivity contribution in [2.75, 3.05) is 0 Å². The van der Waals surface area contributed by atoms with Crippen LogP contribution in [0.5, 0.6) is 0 Å². The maximum absolute atomic E-state index is 6.53. The Kier molecular flexibility index (Phi) is 5.24. The summed E-state index contributed by atoms with van der Waals surface area (Å²) >= 11 is 0. The van der Waals surface area contributed by atoms with Gasteiger partial charge in [0.25, 0.3) is 0 Å². The van der Waals surface area contributed by atoms with Gasteiger partial charge in [-0.1, -0.05) is 93.6 Å². The molecule has 0 aliphatic heterocycles. The molecule has 3 nitrogen and oxygen atoms in total. The molecule has 0 radical (unpaired) electrons. The van der Waals surface area contributed by atoms with E-state index in [1.165, 1.54) is 22.3 Å². The van der Waals surface area contributed by atoms with Crippen molar-refractivity contribution in [3.05, 3.63) is 120 Å². The molecular formula is C36H30N2O. The predicted molar refractivity (Wildman–Crippen MR) is 163 cm³/mol. The average molecular weight is 507 g/mol. The van der Waals surface area contributed by atoms with Gasteiger partial charge < -0.3 is 4.42 Å². The number of aryl methyl sites for hydroxylation is 1. The molecule has 3 heteroatoms. The molecule has 0 saturated carbocycles. The van der Waals surface area contributed by atoms with E-state index in [1.54, 1.807) is 0 Å². The van der Waals surface area contributed by atoms with Crippen molar-refractivity contribution in [3.63, 3.8) is 0 Å². The lowest BCUT2D eigenvalue weighted by Gasteiger charge is -2.23. The highest BCUT2D eigenvalue weighted by molar-refractivity contribution is 6.09. The van der Waals surface area contributed by atoms with Crippen molar-refractivity contribution >= 4 is 33.0 Å². The molecule has 190 valence electrons. The van der Waals surface area contributed by atoms with Gasteiger partial charge >= 0.3 is 0 Å². The lowest BCUT2D eigenvalue weighted by molar-refractivity contribution is 0.590. The molecule has 2 heterocycles. The minimum atomic E-state index is 0.0277. The fourth-order valence-corrected chi connectivity index (χ4v) is 5.58. The van der Waals surface area contributed by atoms with Gasteiger partial charge in [0.1, 0.15) is 17.0 Å². The Balaban J connectivity index is 1.57. The molecular weight excluding hydrogens is 476 g/mol. The van der Waals surface area contributed by atoms with Crippen molar-refractivity contribution in [3.8, 4) is 28.2 Å². The molecule has 0 unspecified atom stereocenters. The van der Waals surface area contributed by atoms with E-state index in [9.17, 15) is 0 Å². The van der Waals surface area contributed by atoms with Crippen LogP contribution in [0.3, 0.4) is 0 Å². The van der Waals surface area contributed by atoms with Crippen LogP contribution in [-0.2, 0) is 5.41 Å². The fourth-order valence-electron chi connectivity index (χ4n) is 5.58. The first kappa shape index (κ1) is 23.5. The summed E-state index contributed by atoms with van der Waals surface area (Å²) < 4.78 is 8.83. The van der Waals surface area contributed by atoms with Gasteiger partial charge in [-0.25, -0.2) is 4.98 Å². The Hall–Kier alpha value is -4.63. The molecule has 5 aromatic carbocycles. The van der Waals surface area contributed by atoms with Gasteiger partial charge in [0.2, 0.25) is 0 Å². The Morgan fingerprint density at radius 1 is 0.692 bits per heavy atom. The first-order chi connectivity index (χ1) is 18.9. The van der Waals surface area contributed by atoms with E-state index in [4.69, 9.17) is 9.40 Å². The van der Waals surface area contributed by atoms with Crippen LogP contribution in [0.15, 0.2) is 114 Å². The molecule has 0 fully saturated rings. The van der Waals surface area contributed by atoms with Crippen LogP contribution in [0.1, 0.15) is 31.9 Å². The highest BCUT2D eigenvalue weighted by Crippen LogP contribution is 2.40. The Bertz CT molecular complexity index is 2000. The standard InChI is InChI=1S/C36H30N2O/c1-23-17-19-26-27-13-10-14-28(34(27)39-33(26)21-23)35-37-30-15-8-9-16-32(30)38(35)31-20-18-25(36(2,3)4)22-29(31)24-11-6-5-7-12-24/h5-22H,1-4H3. The second-order valence-corrected chi connectivity index (χ2v) is 11.4. The minimum Gasteiger partial charge on any atom is -0.455 e. The van der Waals surface area contributed by atoms with Crippen molar-refractivity contribution in [1.82, 2.24) is 9.55 Å². The maximum atomic E-state index is 6.53. The number of nitrogens with zero attached hydrogens (tertiary/aromatic N) is 2. The minimum absolute atomic E-state index is 0.0277. The summed E-state index contributed by atoms with van der Waals surface area (Å²) in [5.41, 5.74) is 10.7. The molecule has 2 aromatic heterocycles. The Labute approximate surface area is 228 Å². The summed E-state index contributed by atoms with van der Waals surface area (Å²) in [6, 6.07) is 38.7. The van der Waals surface area contributed by atoms with Crippen molar-refractivity contribution in [2.45, 2.75) is 33.1 Å². The number of para-hydroxylation sites is 3. The Morgan fingerprint density at radius 2 is 1.49 bits per heavy atom. The van der Waals surface area contributed by atoms with E-state index in [0.717, 1.165) is 50.0 Å². The average Bonchev–Trinajstić information content (AvgIpc) is 3.50. The van der Waals surface area contributed by atoms with Gasteiger partial charge in [-0.3, -0.25) is 4.57 Å². The zero-order chi connectivity index (χ0) is 26.7. The molecule has 0 atom stereocenters. The number of hydrogen-bond donors (Lipinski definition) is 0.